The Morgan fingerprint density at radius 2 is 0.446 bits per heavy atom. The molecule has 0 atom stereocenters. The van der Waals surface area contributed by atoms with Gasteiger partial charge in [-0.1, -0.05) is 297 Å². The monoisotopic (exact) mass is 1900 g/mol. The van der Waals surface area contributed by atoms with Crippen molar-refractivity contribution in [3.8, 4) is 113 Å². The minimum atomic E-state index is 0.191. The number of hydrogen-bond donors (Lipinski definition) is 0. The van der Waals surface area contributed by atoms with Gasteiger partial charge >= 0.3 is 0 Å². The summed E-state index contributed by atoms with van der Waals surface area (Å²) in [6, 6.07) is 151. The maximum atomic E-state index is 5.13. The van der Waals surface area contributed by atoms with Gasteiger partial charge in [-0.3, -0.25) is 9.13 Å². The van der Waals surface area contributed by atoms with Crippen molar-refractivity contribution >= 4 is 87.2 Å². The molecule has 12 saturated carbocycles. The van der Waals surface area contributed by atoms with Crippen LogP contribution in [0, 0.1) is 71.0 Å². The molecule has 0 radical (unpaired) electrons. The van der Waals surface area contributed by atoms with Gasteiger partial charge in [0.15, 0.2) is 11.6 Å². The van der Waals surface area contributed by atoms with E-state index < -0.39 is 0 Å². The van der Waals surface area contributed by atoms with Gasteiger partial charge in [0, 0.05) is 76.7 Å². The molecule has 23 aromatic rings. The molecular weight excluding hydrogens is 1790 g/mol. The van der Waals surface area contributed by atoms with Crippen LogP contribution >= 0.6 is 0 Å². The molecule has 6 aromatic heterocycles. The van der Waals surface area contributed by atoms with E-state index in [9.17, 15) is 0 Å². The second-order valence-corrected chi connectivity index (χ2v) is 46.3. The molecule has 0 aliphatic heterocycles. The van der Waals surface area contributed by atoms with Crippen LogP contribution in [0.4, 0.5) is 0 Å². The number of hydrogen-bond acceptors (Lipinski definition) is 4. The highest BCUT2D eigenvalue weighted by Crippen LogP contribution is 2.74. The molecule has 12 bridgehead atoms. The predicted octanol–water partition coefficient (Wildman–Crippen LogP) is 34.5. The van der Waals surface area contributed by atoms with E-state index in [1.54, 1.807) is 33.4 Å². The molecule has 148 heavy (non-hydrogen) atoms. The fraction of sp³-hybridized carbons (Fsp3) is 0.214. The van der Waals surface area contributed by atoms with E-state index in [0.29, 0.717) is 17.6 Å². The summed E-state index contributed by atoms with van der Waals surface area (Å²) in [6.07, 6.45) is 23.4. The lowest BCUT2D eigenvalue weighted by Gasteiger charge is -2.61. The highest BCUT2D eigenvalue weighted by molar-refractivity contribution is 6.15. The van der Waals surface area contributed by atoms with Gasteiger partial charge in [-0.05, 0) is 377 Å². The van der Waals surface area contributed by atoms with Crippen molar-refractivity contribution in [3.05, 3.63) is 446 Å². The number of para-hydroxylation sites is 7. The highest BCUT2D eigenvalue weighted by atomic mass is 15.2. The quantitative estimate of drug-likeness (QED) is 0.144. The number of rotatable bonds is 9. The van der Waals surface area contributed by atoms with E-state index in [1.165, 1.54) is 251 Å². The van der Waals surface area contributed by atoms with Crippen molar-refractivity contribution < 1.29 is 0 Å². The van der Waals surface area contributed by atoms with Crippen LogP contribution in [0.5, 0.6) is 0 Å². The molecule has 17 aromatic carbocycles. The smallest absolute Gasteiger partial charge is 0.238 e. The van der Waals surface area contributed by atoms with Crippen LogP contribution in [-0.4, -0.2) is 38.2 Å². The summed E-state index contributed by atoms with van der Waals surface area (Å²) in [5.41, 5.74) is 40.7. The lowest BCUT2D eigenvalue weighted by molar-refractivity contribution is -0.0399. The van der Waals surface area contributed by atoms with Crippen molar-refractivity contribution in [1.29, 1.82) is 0 Å². The lowest BCUT2D eigenvalue weighted by atomic mass is 9.43. The van der Waals surface area contributed by atoms with Gasteiger partial charge in [0.25, 0.3) is 0 Å². The van der Waals surface area contributed by atoms with Gasteiger partial charge in [0.05, 0.1) is 55.5 Å². The molecule has 15 aliphatic carbocycles. The van der Waals surface area contributed by atoms with E-state index >= 15 is 0 Å². The van der Waals surface area contributed by atoms with Gasteiger partial charge in [-0.2, -0.15) is 9.97 Å². The minimum Gasteiger partial charge on any atom is -0.307 e. The second kappa shape index (κ2) is 32.1. The number of benzene rings is 17. The normalized spacial score (nSPS) is 24.6. The number of aromatic nitrogens is 8. The Morgan fingerprint density at radius 3 is 0.797 bits per heavy atom. The first-order valence-corrected chi connectivity index (χ1v) is 55.0. The number of fused-ring (bicyclic) bond motifs is 21. The summed E-state index contributed by atoms with van der Waals surface area (Å²) in [6.45, 7) is 0. The molecule has 0 amide bonds. The van der Waals surface area contributed by atoms with Crippen LogP contribution in [0.2, 0.25) is 0 Å². The Balaban J connectivity index is 0.0000000976. The van der Waals surface area contributed by atoms with Crippen molar-refractivity contribution in [2.24, 2.45) is 71.0 Å². The van der Waals surface area contributed by atoms with Gasteiger partial charge < -0.3 is 9.13 Å². The first-order chi connectivity index (χ1) is 73.3. The van der Waals surface area contributed by atoms with Crippen molar-refractivity contribution in [1.82, 2.24) is 38.2 Å². The van der Waals surface area contributed by atoms with Crippen LogP contribution in [0.1, 0.15) is 130 Å². The summed E-state index contributed by atoms with van der Waals surface area (Å²) in [5.74, 6) is 13.4. The average Bonchev–Trinajstić information content (AvgIpc) is 1.51. The molecule has 0 unspecified atom stereocenters. The Bertz CT molecular complexity index is 9300. The van der Waals surface area contributed by atoms with Gasteiger partial charge in [-0.15, -0.1) is 0 Å². The van der Waals surface area contributed by atoms with Crippen molar-refractivity contribution in [3.63, 3.8) is 0 Å². The van der Waals surface area contributed by atoms with E-state index in [0.717, 1.165) is 99.0 Å². The molecule has 6 heterocycles. The Morgan fingerprint density at radius 1 is 0.182 bits per heavy atom. The number of nitrogens with zero attached hydrogens (tertiary/aromatic N) is 8. The fourth-order valence-electron chi connectivity index (χ4n) is 34.6. The van der Waals surface area contributed by atoms with E-state index in [-0.39, 0.29) is 16.2 Å². The van der Waals surface area contributed by atoms with Crippen LogP contribution in [-0.2, 0) is 16.2 Å². The van der Waals surface area contributed by atoms with Crippen LogP contribution in [0.3, 0.4) is 0 Å². The largest absolute Gasteiger partial charge is 0.307 e. The standard InChI is InChI=1S/C52H40N2.C49H38N4.C39H32N2/c1-5-15-44-38(11-1)42-30-34(21-23-45(42)52(44)36-26-32-25-33(28-36)29-37(52)27-32)35-22-24-49-43(31-35)41-14-4-8-18-48(41)54(49)51-20-10-9-19-50(51)53-46-16-6-2-12-39(46)40-13-3-7-17-47(40)53;1-3-11-32(12-4-1)46-50-47(33-13-5-2-6-14-33)52-48(51-46)53-44-18-10-8-16-39(44)41-29-35(20-22-45(41)53)34-19-21-43-40(28-34)38-15-7-9-17-42(38)49(43)36-24-30-23-31(26-36)27-37(49)25-30;1-3-9-34-30(7-1)32-22-26(12-14-35(32)39(34)28-18-24-17-25(20-28)21-29(39)19-24)27-13-15-37-33(23-27)31-8-2-4-10-36(31)41(37)38-11-5-6-16-40-38/h1-24,30-33,36-37H,25-29H2;1-22,28-31,36-37H,23-27H2;1-16,22-25,28-29H,17-21H2. The summed E-state index contributed by atoms with van der Waals surface area (Å²) >= 11 is 0. The van der Waals surface area contributed by atoms with Crippen molar-refractivity contribution in [2.45, 2.75) is 113 Å². The van der Waals surface area contributed by atoms with Crippen LogP contribution in [0.15, 0.2) is 413 Å². The molecule has 710 valence electrons. The van der Waals surface area contributed by atoms with Crippen LogP contribution in [0.25, 0.3) is 200 Å². The van der Waals surface area contributed by atoms with E-state index in [2.05, 4.69) is 382 Å². The third-order valence-electron chi connectivity index (χ3n) is 39.4. The zero-order chi connectivity index (χ0) is 96.5. The molecule has 12 fully saturated rings. The molecule has 8 nitrogen and oxygen atoms in total. The summed E-state index contributed by atoms with van der Waals surface area (Å²) in [7, 11) is 0. The first-order valence-electron chi connectivity index (χ1n) is 55.0. The molecule has 8 heteroatoms. The SMILES string of the molecule is c1ccc(-c2nc(-c3ccccc3)nc(-n3c4ccccc4c4cc(-c5ccc6c(c5)-c5ccccc5C65C6CC7CC(C6)CC5C7)ccc43)n2)cc1.c1ccc(-n2c3ccccc3c3cc(-c4ccc5c(c4)-c4ccccc4C54C5CC6CC(C5)CC4C6)ccc32)nc1.c1ccc2c(c1)-c1cc(-c3ccc4c(c3)c3ccccc3n4-c3ccccc3-n3c4ccccc4c4ccccc43)ccc1C21C2CC3CC(C2)CC1C3. The zero-order valence-corrected chi connectivity index (χ0v) is 82.9. The second-order valence-electron chi connectivity index (χ2n) is 46.3. The van der Waals surface area contributed by atoms with Gasteiger partial charge in [0.1, 0.15) is 5.82 Å². The Hall–Kier alpha value is -15.9. The molecule has 3 spiro atoms. The Kier molecular flexibility index (Phi) is 18.3. The number of pyridine rings is 1. The lowest BCUT2D eigenvalue weighted by Crippen LogP contribution is -2.55. The minimum absolute atomic E-state index is 0.191. The highest BCUT2D eigenvalue weighted by Gasteiger charge is 2.65. The maximum Gasteiger partial charge on any atom is 0.238 e. The molecular formula is C140H110N8. The third kappa shape index (κ3) is 12.0. The summed E-state index contributed by atoms with van der Waals surface area (Å²) in [5, 5.41) is 10.1. The molecule has 15 aliphatic rings. The first kappa shape index (κ1) is 84.3. The van der Waals surface area contributed by atoms with Crippen LogP contribution < -0.4 is 0 Å². The molecule has 0 saturated heterocycles. The van der Waals surface area contributed by atoms with Crippen molar-refractivity contribution in [2.75, 3.05) is 0 Å². The Labute approximate surface area is 861 Å². The molecule has 0 N–H and O–H groups in total. The topological polar surface area (TPSA) is 71.3 Å². The summed E-state index contributed by atoms with van der Waals surface area (Å²) < 4.78 is 9.45. The summed E-state index contributed by atoms with van der Waals surface area (Å²) in [4.78, 5) is 19.9. The van der Waals surface area contributed by atoms with Gasteiger partial charge in [-0.25, -0.2) is 9.97 Å². The average molecular weight is 1900 g/mol. The zero-order valence-electron chi connectivity index (χ0n) is 82.9. The van der Waals surface area contributed by atoms with Gasteiger partial charge in [0.2, 0.25) is 5.95 Å². The molecule has 38 rings (SSSR count). The van der Waals surface area contributed by atoms with E-state index in [1.807, 2.05) is 48.7 Å². The fourth-order valence-corrected chi connectivity index (χ4v) is 34.6. The predicted molar refractivity (Wildman–Crippen MR) is 605 cm³/mol. The maximum absolute atomic E-state index is 5.13. The third-order valence-corrected chi connectivity index (χ3v) is 39.4. The van der Waals surface area contributed by atoms with E-state index in [4.69, 9.17) is 19.9 Å².